The molecule has 1 heterocycles. The Morgan fingerprint density at radius 1 is 1.62 bits per heavy atom. The van der Waals surface area contributed by atoms with Crippen LogP contribution < -0.4 is 3.71 Å². The van der Waals surface area contributed by atoms with Crippen molar-refractivity contribution in [3.8, 4) is 0 Å². The standard InChI is InChI=1S/C2H4N4S2/c7-6(8)2-1-3-5-4-2/h1,7-8H,(H,3,4,5). The van der Waals surface area contributed by atoms with E-state index in [0.717, 1.165) is 0 Å². The van der Waals surface area contributed by atoms with Crippen LogP contribution in [-0.4, -0.2) is 15.4 Å². The predicted octanol–water partition coefficient (Wildman–Crippen LogP) is 0.301. The third-order valence-corrected chi connectivity index (χ3v) is 1.02. The van der Waals surface area contributed by atoms with Gasteiger partial charge in [0.1, 0.15) is 0 Å². The second-order valence-electron chi connectivity index (χ2n) is 1.12. The summed E-state index contributed by atoms with van der Waals surface area (Å²) in [6.45, 7) is 0. The van der Waals surface area contributed by atoms with Gasteiger partial charge in [0, 0.05) is 0 Å². The number of hydrogen-bond donors (Lipinski definition) is 3. The fraction of sp³-hybridized carbons (Fsp3) is 0. The van der Waals surface area contributed by atoms with Gasteiger partial charge in [0.25, 0.3) is 0 Å². The SMILES string of the molecule is SN(S)c1c[nH]nn1. The summed E-state index contributed by atoms with van der Waals surface area (Å²) in [6, 6.07) is 0. The highest BCUT2D eigenvalue weighted by Gasteiger charge is 1.95. The number of hydrogen-bond acceptors (Lipinski definition) is 5. The minimum Gasteiger partial charge on any atom is -0.263 e. The number of aromatic amines is 1. The van der Waals surface area contributed by atoms with Crippen LogP contribution in [0.1, 0.15) is 0 Å². The highest BCUT2D eigenvalue weighted by molar-refractivity contribution is 8.00. The number of thiol groups is 2. The molecule has 6 heteroatoms. The molecule has 0 spiro atoms. The quantitative estimate of drug-likeness (QED) is 0.502. The van der Waals surface area contributed by atoms with Crippen LogP contribution in [0.5, 0.6) is 0 Å². The molecule has 0 unspecified atom stereocenters. The monoisotopic (exact) mass is 148 g/mol. The highest BCUT2D eigenvalue weighted by Crippen LogP contribution is 2.10. The number of H-pyrrole nitrogens is 1. The summed E-state index contributed by atoms with van der Waals surface area (Å²) in [7, 11) is 0. The van der Waals surface area contributed by atoms with Crippen molar-refractivity contribution in [3.63, 3.8) is 0 Å². The van der Waals surface area contributed by atoms with Gasteiger partial charge in [-0.2, -0.15) is 0 Å². The van der Waals surface area contributed by atoms with Gasteiger partial charge in [-0.25, -0.2) is 3.71 Å². The number of nitrogens with one attached hydrogen (secondary N) is 1. The Kier molecular flexibility index (Phi) is 1.64. The molecule has 0 aliphatic heterocycles. The molecule has 4 nitrogen and oxygen atoms in total. The van der Waals surface area contributed by atoms with Crippen molar-refractivity contribution < 1.29 is 0 Å². The first-order chi connectivity index (χ1) is 3.80. The van der Waals surface area contributed by atoms with E-state index < -0.39 is 0 Å². The van der Waals surface area contributed by atoms with Crippen molar-refractivity contribution in [2.45, 2.75) is 0 Å². The maximum atomic E-state index is 3.83. The van der Waals surface area contributed by atoms with Crippen molar-refractivity contribution in [1.82, 2.24) is 15.4 Å². The molecule has 0 fully saturated rings. The predicted molar refractivity (Wildman–Crippen MR) is 36.8 cm³/mol. The zero-order valence-electron chi connectivity index (χ0n) is 3.81. The summed E-state index contributed by atoms with van der Waals surface area (Å²) in [5, 5.41) is 9.52. The van der Waals surface area contributed by atoms with Crippen molar-refractivity contribution >= 4 is 31.4 Å². The van der Waals surface area contributed by atoms with E-state index in [0.29, 0.717) is 5.82 Å². The first kappa shape index (κ1) is 5.77. The van der Waals surface area contributed by atoms with Crippen molar-refractivity contribution in [1.29, 1.82) is 0 Å². The van der Waals surface area contributed by atoms with E-state index in [4.69, 9.17) is 0 Å². The molecule has 0 aliphatic carbocycles. The Balaban J connectivity index is 2.77. The van der Waals surface area contributed by atoms with Crippen molar-refractivity contribution in [3.05, 3.63) is 6.20 Å². The topological polar surface area (TPSA) is 44.8 Å². The maximum absolute atomic E-state index is 3.83. The Bertz CT molecular complexity index is 147. The summed E-state index contributed by atoms with van der Waals surface area (Å²) in [5.74, 6) is 0.580. The van der Waals surface area contributed by atoms with Gasteiger partial charge in [-0.05, 0) is 0 Å². The van der Waals surface area contributed by atoms with E-state index in [1.165, 1.54) is 3.71 Å². The van der Waals surface area contributed by atoms with Gasteiger partial charge in [0.15, 0.2) is 5.82 Å². The molecule has 0 aliphatic rings. The Labute approximate surface area is 57.4 Å². The van der Waals surface area contributed by atoms with E-state index in [2.05, 4.69) is 41.0 Å². The largest absolute Gasteiger partial charge is 0.263 e. The molecule has 0 radical (unpaired) electrons. The lowest BCUT2D eigenvalue weighted by Crippen LogP contribution is -1.91. The first-order valence-electron chi connectivity index (χ1n) is 1.85. The van der Waals surface area contributed by atoms with Crippen LogP contribution in [0.4, 0.5) is 5.82 Å². The molecule has 8 heavy (non-hydrogen) atoms. The van der Waals surface area contributed by atoms with Gasteiger partial charge in [-0.3, -0.25) is 5.10 Å². The van der Waals surface area contributed by atoms with Crippen LogP contribution in [-0.2, 0) is 0 Å². The Morgan fingerprint density at radius 2 is 2.38 bits per heavy atom. The molecule has 0 bridgehead atoms. The van der Waals surface area contributed by atoms with Gasteiger partial charge in [-0.15, -0.1) is 5.10 Å². The lowest BCUT2D eigenvalue weighted by Gasteiger charge is -1.99. The van der Waals surface area contributed by atoms with Crippen LogP contribution in [0.2, 0.25) is 0 Å². The zero-order valence-corrected chi connectivity index (χ0v) is 5.60. The molecule has 1 N–H and O–H groups in total. The molecule has 1 rings (SSSR count). The minimum absolute atomic E-state index is 0.580. The summed E-state index contributed by atoms with van der Waals surface area (Å²) < 4.78 is 1.27. The molecule has 1 aromatic rings. The molecule has 44 valence electrons. The van der Waals surface area contributed by atoms with Crippen molar-refractivity contribution in [2.75, 3.05) is 3.71 Å². The van der Waals surface area contributed by atoms with Gasteiger partial charge in [0.05, 0.1) is 6.20 Å². The highest BCUT2D eigenvalue weighted by atomic mass is 32.2. The van der Waals surface area contributed by atoms with Gasteiger partial charge < -0.3 is 0 Å². The number of aromatic nitrogens is 3. The lowest BCUT2D eigenvalue weighted by molar-refractivity contribution is 0.941. The third kappa shape index (κ3) is 1.07. The Hall–Kier alpha value is -0.360. The molecule has 1 aromatic heterocycles. The summed E-state index contributed by atoms with van der Waals surface area (Å²) in [6.07, 6.45) is 1.58. The molecular weight excluding hydrogens is 144 g/mol. The van der Waals surface area contributed by atoms with E-state index in [1.54, 1.807) is 6.20 Å². The third-order valence-electron chi connectivity index (χ3n) is 0.609. The lowest BCUT2D eigenvalue weighted by atomic mass is 10.8. The fourth-order valence-electron chi connectivity index (χ4n) is 0.293. The van der Waals surface area contributed by atoms with E-state index in [-0.39, 0.29) is 0 Å². The van der Waals surface area contributed by atoms with Gasteiger partial charge >= 0.3 is 0 Å². The Morgan fingerprint density at radius 3 is 2.62 bits per heavy atom. The van der Waals surface area contributed by atoms with E-state index in [9.17, 15) is 0 Å². The molecule has 0 saturated heterocycles. The van der Waals surface area contributed by atoms with Crippen LogP contribution in [0, 0.1) is 0 Å². The summed E-state index contributed by atoms with van der Waals surface area (Å²) >= 11 is 7.66. The van der Waals surface area contributed by atoms with Crippen molar-refractivity contribution in [2.24, 2.45) is 0 Å². The average Bonchev–Trinajstić information content (AvgIpc) is 2.12. The zero-order chi connectivity index (χ0) is 5.98. The van der Waals surface area contributed by atoms with Crippen LogP contribution >= 0.6 is 25.6 Å². The molecule has 0 aromatic carbocycles. The van der Waals surface area contributed by atoms with Crippen LogP contribution in [0.3, 0.4) is 0 Å². The van der Waals surface area contributed by atoms with Crippen LogP contribution in [0.15, 0.2) is 6.20 Å². The van der Waals surface area contributed by atoms with E-state index in [1.807, 2.05) is 0 Å². The molecular formula is C2H4N4S2. The second kappa shape index (κ2) is 2.27. The maximum Gasteiger partial charge on any atom is 0.190 e. The van der Waals surface area contributed by atoms with Gasteiger partial charge in [0.2, 0.25) is 0 Å². The second-order valence-corrected chi connectivity index (χ2v) is 2.24. The molecule has 0 saturated carbocycles. The average molecular weight is 148 g/mol. The number of anilines is 1. The minimum atomic E-state index is 0.580. The normalized spacial score (nSPS) is 9.25. The molecule has 0 amide bonds. The number of nitrogens with zero attached hydrogens (tertiary/aromatic N) is 3. The molecule has 0 atom stereocenters. The van der Waals surface area contributed by atoms with E-state index >= 15 is 0 Å². The van der Waals surface area contributed by atoms with Crippen LogP contribution in [0.25, 0.3) is 0 Å². The smallest absolute Gasteiger partial charge is 0.190 e. The summed E-state index contributed by atoms with van der Waals surface area (Å²) in [5.41, 5.74) is 0. The first-order valence-corrected chi connectivity index (χ1v) is 2.65. The fourth-order valence-corrected chi connectivity index (χ4v) is 0.489. The number of rotatable bonds is 1. The van der Waals surface area contributed by atoms with Gasteiger partial charge in [-0.1, -0.05) is 30.8 Å². The summed E-state index contributed by atoms with van der Waals surface area (Å²) in [4.78, 5) is 0.